The van der Waals surface area contributed by atoms with Gasteiger partial charge in [-0.1, -0.05) is 32.4 Å². The Kier molecular flexibility index (Phi) is 2.94. The molecule has 72 valence electrons. The molecule has 1 atom stereocenters. The summed E-state index contributed by atoms with van der Waals surface area (Å²) in [5.41, 5.74) is 7.04. The molecule has 1 aromatic rings. The second-order valence-electron chi connectivity index (χ2n) is 4.24. The van der Waals surface area contributed by atoms with Crippen LogP contribution in [-0.2, 0) is 0 Å². The monoisotopic (exact) mass is 198 g/mol. The van der Waals surface area contributed by atoms with Crippen LogP contribution < -0.4 is 5.73 Å². The highest BCUT2D eigenvalue weighted by Gasteiger charge is 2.23. The zero-order valence-corrected chi connectivity index (χ0v) is 8.97. The van der Waals surface area contributed by atoms with Crippen LogP contribution in [0.4, 0.5) is 0 Å². The summed E-state index contributed by atoms with van der Waals surface area (Å²) in [5.74, 6) is 0. The second-order valence-corrected chi connectivity index (χ2v) is 4.65. The fourth-order valence-corrected chi connectivity index (χ4v) is 1.34. The van der Waals surface area contributed by atoms with Gasteiger partial charge in [-0.3, -0.25) is 4.98 Å². The molecule has 0 aliphatic carbocycles. The van der Waals surface area contributed by atoms with Crippen LogP contribution >= 0.6 is 11.6 Å². The number of nitrogens with zero attached hydrogens (tertiary/aromatic N) is 1. The van der Waals surface area contributed by atoms with E-state index < -0.39 is 0 Å². The molecule has 0 saturated heterocycles. The largest absolute Gasteiger partial charge is 0.323 e. The molecule has 0 spiro atoms. The first-order valence-corrected chi connectivity index (χ1v) is 4.65. The van der Waals surface area contributed by atoms with Gasteiger partial charge in [-0.15, -0.1) is 0 Å². The van der Waals surface area contributed by atoms with Crippen LogP contribution in [0.5, 0.6) is 0 Å². The number of halogens is 1. The highest BCUT2D eigenvalue weighted by atomic mass is 35.5. The van der Waals surface area contributed by atoms with Gasteiger partial charge in [-0.05, 0) is 17.0 Å². The predicted octanol–water partition coefficient (Wildman–Crippen LogP) is 2.78. The molecule has 0 fully saturated rings. The lowest BCUT2D eigenvalue weighted by atomic mass is 9.83. The van der Waals surface area contributed by atoms with Crippen molar-refractivity contribution < 1.29 is 0 Å². The minimum absolute atomic E-state index is 0.0188. The second kappa shape index (κ2) is 3.64. The van der Waals surface area contributed by atoms with Gasteiger partial charge in [0.1, 0.15) is 0 Å². The molecule has 0 unspecified atom stereocenters. The van der Waals surface area contributed by atoms with Crippen LogP contribution in [-0.4, -0.2) is 4.98 Å². The number of aromatic nitrogens is 1. The van der Waals surface area contributed by atoms with Crippen molar-refractivity contribution in [1.29, 1.82) is 0 Å². The molecule has 1 rings (SSSR count). The van der Waals surface area contributed by atoms with E-state index in [2.05, 4.69) is 25.8 Å². The Balaban J connectivity index is 3.02. The van der Waals surface area contributed by atoms with Crippen molar-refractivity contribution >= 4 is 11.6 Å². The van der Waals surface area contributed by atoms with Gasteiger partial charge in [0.25, 0.3) is 0 Å². The molecular weight excluding hydrogens is 184 g/mol. The molecule has 1 heterocycles. The Bertz CT molecular complexity index is 291. The number of pyridine rings is 1. The zero-order valence-electron chi connectivity index (χ0n) is 8.21. The van der Waals surface area contributed by atoms with E-state index in [-0.39, 0.29) is 11.5 Å². The normalized spacial score (nSPS) is 14.2. The third kappa shape index (κ3) is 2.42. The first kappa shape index (κ1) is 10.5. The van der Waals surface area contributed by atoms with Crippen LogP contribution in [0.1, 0.15) is 32.4 Å². The summed E-state index contributed by atoms with van der Waals surface area (Å²) >= 11 is 5.98. The summed E-state index contributed by atoms with van der Waals surface area (Å²) in [5, 5.41) is 0.643. The lowest BCUT2D eigenvalue weighted by Crippen LogP contribution is -2.26. The quantitative estimate of drug-likeness (QED) is 0.754. The van der Waals surface area contributed by atoms with Gasteiger partial charge in [-0.2, -0.15) is 0 Å². The average Bonchev–Trinajstić information content (AvgIpc) is 2.02. The summed E-state index contributed by atoms with van der Waals surface area (Å²) < 4.78 is 0. The lowest BCUT2D eigenvalue weighted by molar-refractivity contribution is 0.327. The first-order valence-electron chi connectivity index (χ1n) is 4.28. The van der Waals surface area contributed by atoms with Gasteiger partial charge in [0, 0.05) is 18.4 Å². The van der Waals surface area contributed by atoms with Gasteiger partial charge in [-0.25, -0.2) is 0 Å². The topological polar surface area (TPSA) is 38.9 Å². The molecule has 2 nitrogen and oxygen atoms in total. The van der Waals surface area contributed by atoms with E-state index in [1.54, 1.807) is 12.4 Å². The van der Waals surface area contributed by atoms with Crippen LogP contribution in [0.2, 0.25) is 5.02 Å². The van der Waals surface area contributed by atoms with Crippen molar-refractivity contribution in [3.8, 4) is 0 Å². The molecule has 1 aromatic heterocycles. The summed E-state index contributed by atoms with van der Waals surface area (Å²) in [6, 6.07) is 1.82. The van der Waals surface area contributed by atoms with Crippen LogP contribution in [0.25, 0.3) is 0 Å². The smallest absolute Gasteiger partial charge is 0.0637 e. The molecule has 2 N–H and O–H groups in total. The maximum absolute atomic E-state index is 6.06. The van der Waals surface area contributed by atoms with Crippen molar-refractivity contribution in [3.63, 3.8) is 0 Å². The number of nitrogens with two attached hydrogens (primary N) is 1. The van der Waals surface area contributed by atoms with Crippen molar-refractivity contribution in [3.05, 3.63) is 29.0 Å². The molecular formula is C10H15ClN2. The maximum atomic E-state index is 6.06. The molecule has 0 aliphatic heterocycles. The number of rotatable bonds is 1. The van der Waals surface area contributed by atoms with Gasteiger partial charge in [0.2, 0.25) is 0 Å². The van der Waals surface area contributed by atoms with E-state index in [9.17, 15) is 0 Å². The van der Waals surface area contributed by atoms with E-state index in [1.807, 2.05) is 6.07 Å². The van der Waals surface area contributed by atoms with E-state index in [1.165, 1.54) is 0 Å². The summed E-state index contributed by atoms with van der Waals surface area (Å²) in [6.45, 7) is 6.28. The maximum Gasteiger partial charge on any atom is 0.0637 e. The highest BCUT2D eigenvalue weighted by molar-refractivity contribution is 6.31. The van der Waals surface area contributed by atoms with Crippen molar-refractivity contribution in [2.75, 3.05) is 0 Å². The van der Waals surface area contributed by atoms with Crippen molar-refractivity contribution in [2.24, 2.45) is 11.1 Å². The molecule has 0 saturated carbocycles. The minimum atomic E-state index is -0.0528. The van der Waals surface area contributed by atoms with E-state index in [0.29, 0.717) is 5.02 Å². The van der Waals surface area contributed by atoms with Crippen LogP contribution in [0.15, 0.2) is 18.5 Å². The van der Waals surface area contributed by atoms with E-state index in [0.717, 1.165) is 5.56 Å². The zero-order chi connectivity index (χ0) is 10.1. The Hall–Kier alpha value is -0.600. The van der Waals surface area contributed by atoms with E-state index >= 15 is 0 Å². The van der Waals surface area contributed by atoms with Crippen molar-refractivity contribution in [2.45, 2.75) is 26.8 Å². The molecule has 0 bridgehead atoms. The Labute approximate surface area is 84.1 Å². The molecule has 0 amide bonds. The molecule has 0 radical (unpaired) electrons. The third-order valence-corrected chi connectivity index (χ3v) is 2.39. The number of hydrogen-bond donors (Lipinski definition) is 1. The molecule has 0 aliphatic rings. The van der Waals surface area contributed by atoms with Gasteiger partial charge in [0.05, 0.1) is 5.02 Å². The third-order valence-electron chi connectivity index (χ3n) is 2.07. The van der Waals surface area contributed by atoms with Gasteiger partial charge < -0.3 is 5.73 Å². The number of hydrogen-bond acceptors (Lipinski definition) is 2. The predicted molar refractivity (Wildman–Crippen MR) is 55.6 cm³/mol. The molecule has 3 heteroatoms. The Morgan fingerprint density at radius 1 is 1.46 bits per heavy atom. The fourth-order valence-electron chi connectivity index (χ4n) is 1.10. The average molecular weight is 199 g/mol. The van der Waals surface area contributed by atoms with Crippen LogP contribution in [0, 0.1) is 5.41 Å². The van der Waals surface area contributed by atoms with E-state index in [4.69, 9.17) is 17.3 Å². The summed E-state index contributed by atoms with van der Waals surface area (Å²) in [4.78, 5) is 3.92. The first-order chi connectivity index (χ1) is 5.93. The van der Waals surface area contributed by atoms with Gasteiger partial charge in [0.15, 0.2) is 0 Å². The minimum Gasteiger partial charge on any atom is -0.323 e. The van der Waals surface area contributed by atoms with Crippen molar-refractivity contribution in [1.82, 2.24) is 4.98 Å². The molecule has 0 aromatic carbocycles. The lowest BCUT2D eigenvalue weighted by Gasteiger charge is -2.27. The highest BCUT2D eigenvalue weighted by Crippen LogP contribution is 2.33. The molecule has 13 heavy (non-hydrogen) atoms. The standard InChI is InChI=1S/C10H15ClN2/c1-10(2,3)9(12)7-4-5-13-6-8(7)11/h4-6,9H,12H2,1-3H3/t9-/m1/s1. The fraction of sp³-hybridized carbons (Fsp3) is 0.500. The van der Waals surface area contributed by atoms with Crippen LogP contribution in [0.3, 0.4) is 0 Å². The summed E-state index contributed by atoms with van der Waals surface area (Å²) in [7, 11) is 0. The Morgan fingerprint density at radius 3 is 2.54 bits per heavy atom. The Morgan fingerprint density at radius 2 is 2.08 bits per heavy atom. The SMILES string of the molecule is CC(C)(C)[C@H](N)c1ccncc1Cl. The van der Waals surface area contributed by atoms with Gasteiger partial charge >= 0.3 is 0 Å². The summed E-state index contributed by atoms with van der Waals surface area (Å²) in [6.07, 6.45) is 3.34.